The molecular weight excluding hydrogens is 168 g/mol. The summed E-state index contributed by atoms with van der Waals surface area (Å²) in [5.41, 5.74) is 0. The van der Waals surface area contributed by atoms with Crippen LogP contribution in [0, 0.1) is 5.92 Å². The molecule has 0 aromatic carbocycles. The maximum atomic E-state index is 11.0. The van der Waals surface area contributed by atoms with Crippen molar-refractivity contribution >= 4 is 12.3 Å². The minimum atomic E-state index is -0.241. The van der Waals surface area contributed by atoms with Crippen molar-refractivity contribution in [1.82, 2.24) is 0 Å². The molecule has 0 aliphatic heterocycles. The number of hydrogen-bond acceptors (Lipinski definition) is 3. The lowest BCUT2D eigenvalue weighted by Crippen LogP contribution is -2.25. The second-order valence-corrected chi connectivity index (χ2v) is 3.17. The zero-order valence-corrected chi connectivity index (χ0v) is 8.58. The normalized spacial score (nSPS) is 14.7. The van der Waals surface area contributed by atoms with Gasteiger partial charge in [0.05, 0.1) is 0 Å². The molecule has 0 fully saturated rings. The maximum absolute atomic E-state index is 11.0. The van der Waals surface area contributed by atoms with Gasteiger partial charge in [0.15, 0.2) is 0 Å². The fourth-order valence-corrected chi connectivity index (χ4v) is 1.05. The molecule has 0 saturated carbocycles. The molecule has 0 heterocycles. The minimum absolute atomic E-state index is 0.199. The molecule has 0 aromatic heterocycles. The van der Waals surface area contributed by atoms with Gasteiger partial charge in [0.1, 0.15) is 12.4 Å². The van der Waals surface area contributed by atoms with Gasteiger partial charge >= 0.3 is 5.97 Å². The van der Waals surface area contributed by atoms with E-state index in [0.29, 0.717) is 6.42 Å². The lowest BCUT2D eigenvalue weighted by Gasteiger charge is -2.19. The highest BCUT2D eigenvalue weighted by atomic mass is 16.5. The molecule has 0 rings (SSSR count). The van der Waals surface area contributed by atoms with Crippen LogP contribution in [-0.4, -0.2) is 18.4 Å². The van der Waals surface area contributed by atoms with Crippen molar-refractivity contribution in [2.45, 2.75) is 46.1 Å². The van der Waals surface area contributed by atoms with Crippen LogP contribution < -0.4 is 0 Å². The van der Waals surface area contributed by atoms with Gasteiger partial charge in [-0.25, -0.2) is 0 Å². The molecule has 76 valence electrons. The van der Waals surface area contributed by atoms with Crippen molar-refractivity contribution in [3.8, 4) is 0 Å². The first kappa shape index (κ1) is 12.1. The first-order valence-electron chi connectivity index (χ1n) is 4.80. The van der Waals surface area contributed by atoms with Crippen molar-refractivity contribution in [1.29, 1.82) is 0 Å². The fourth-order valence-electron chi connectivity index (χ4n) is 1.05. The van der Waals surface area contributed by atoms with Crippen LogP contribution in [-0.2, 0) is 14.3 Å². The third kappa shape index (κ3) is 4.65. The predicted molar refractivity (Wildman–Crippen MR) is 50.3 cm³/mol. The smallest absolute Gasteiger partial charge is 0.305 e. The summed E-state index contributed by atoms with van der Waals surface area (Å²) in [5, 5.41) is 0. The van der Waals surface area contributed by atoms with Crippen LogP contribution in [0.25, 0.3) is 0 Å². The highest BCUT2D eigenvalue weighted by molar-refractivity contribution is 5.69. The van der Waals surface area contributed by atoms with Crippen LogP contribution in [0.4, 0.5) is 0 Å². The monoisotopic (exact) mass is 186 g/mol. The summed E-state index contributed by atoms with van der Waals surface area (Å²) in [5.74, 6) is -0.428. The molecule has 2 unspecified atom stereocenters. The molecular formula is C10H18O3. The van der Waals surface area contributed by atoms with Crippen molar-refractivity contribution in [2.24, 2.45) is 5.92 Å². The Hall–Kier alpha value is -0.860. The van der Waals surface area contributed by atoms with E-state index in [2.05, 4.69) is 0 Å². The van der Waals surface area contributed by atoms with Crippen molar-refractivity contribution in [2.75, 3.05) is 0 Å². The van der Waals surface area contributed by atoms with E-state index in [1.54, 1.807) is 13.8 Å². The summed E-state index contributed by atoms with van der Waals surface area (Å²) >= 11 is 0. The highest BCUT2D eigenvalue weighted by Gasteiger charge is 2.19. The Morgan fingerprint density at radius 2 is 2.08 bits per heavy atom. The van der Waals surface area contributed by atoms with E-state index in [1.807, 2.05) is 6.92 Å². The van der Waals surface area contributed by atoms with E-state index in [9.17, 15) is 9.59 Å². The molecule has 0 aliphatic rings. The molecule has 0 aromatic rings. The number of hydrogen-bond donors (Lipinski definition) is 0. The molecule has 0 amide bonds. The Morgan fingerprint density at radius 3 is 2.46 bits per heavy atom. The Bertz CT molecular complexity index is 166. The highest BCUT2D eigenvalue weighted by Crippen LogP contribution is 2.12. The Morgan fingerprint density at radius 1 is 1.46 bits per heavy atom. The van der Waals surface area contributed by atoms with Gasteiger partial charge in [0.2, 0.25) is 0 Å². The van der Waals surface area contributed by atoms with Gasteiger partial charge in [0, 0.05) is 12.3 Å². The molecule has 13 heavy (non-hydrogen) atoms. The fraction of sp³-hybridized carbons (Fsp3) is 0.800. The Labute approximate surface area is 79.5 Å². The number of carbonyl (C=O) groups is 2. The van der Waals surface area contributed by atoms with E-state index >= 15 is 0 Å². The second-order valence-electron chi connectivity index (χ2n) is 3.17. The zero-order valence-electron chi connectivity index (χ0n) is 8.58. The number of carbonyl (C=O) groups excluding carboxylic acids is 2. The van der Waals surface area contributed by atoms with E-state index in [-0.39, 0.29) is 18.0 Å². The molecule has 0 spiro atoms. The van der Waals surface area contributed by atoms with E-state index in [4.69, 9.17) is 4.74 Å². The number of aldehydes is 1. The largest absolute Gasteiger partial charge is 0.462 e. The van der Waals surface area contributed by atoms with Gasteiger partial charge in [-0.2, -0.15) is 0 Å². The summed E-state index contributed by atoms with van der Waals surface area (Å²) in [7, 11) is 0. The SMILES string of the molecule is CCCC(OC(=O)CC)C(C)C=O. The van der Waals surface area contributed by atoms with Crippen LogP contribution >= 0.6 is 0 Å². The van der Waals surface area contributed by atoms with Crippen LogP contribution in [0.2, 0.25) is 0 Å². The third-order valence-electron chi connectivity index (χ3n) is 1.95. The summed E-state index contributed by atoms with van der Waals surface area (Å²) in [6, 6.07) is 0. The van der Waals surface area contributed by atoms with E-state index in [0.717, 1.165) is 19.1 Å². The van der Waals surface area contributed by atoms with E-state index in [1.165, 1.54) is 0 Å². The molecule has 0 N–H and O–H groups in total. The molecule has 3 nitrogen and oxygen atoms in total. The summed E-state index contributed by atoms with van der Waals surface area (Å²) in [6.07, 6.45) is 2.63. The van der Waals surface area contributed by atoms with Crippen molar-refractivity contribution < 1.29 is 14.3 Å². The zero-order chi connectivity index (χ0) is 10.3. The average Bonchev–Trinajstić information content (AvgIpc) is 2.15. The lowest BCUT2D eigenvalue weighted by molar-refractivity contribution is -0.152. The van der Waals surface area contributed by atoms with Crippen LogP contribution in [0.15, 0.2) is 0 Å². The molecule has 3 heteroatoms. The topological polar surface area (TPSA) is 43.4 Å². The summed E-state index contributed by atoms with van der Waals surface area (Å²) < 4.78 is 5.12. The second kappa shape index (κ2) is 6.63. The van der Waals surface area contributed by atoms with Crippen molar-refractivity contribution in [3.63, 3.8) is 0 Å². The maximum Gasteiger partial charge on any atom is 0.305 e. The quantitative estimate of drug-likeness (QED) is 0.470. The predicted octanol–water partition coefficient (Wildman–Crippen LogP) is 1.94. The summed E-state index contributed by atoms with van der Waals surface area (Å²) in [4.78, 5) is 21.5. The first-order chi connectivity index (χ1) is 6.15. The van der Waals surface area contributed by atoms with Gasteiger partial charge in [-0.1, -0.05) is 27.2 Å². The third-order valence-corrected chi connectivity index (χ3v) is 1.95. The minimum Gasteiger partial charge on any atom is -0.462 e. The number of esters is 1. The molecule has 0 bridgehead atoms. The Kier molecular flexibility index (Phi) is 6.20. The molecule has 0 radical (unpaired) electrons. The molecule has 2 atom stereocenters. The van der Waals surface area contributed by atoms with Crippen LogP contribution in [0.1, 0.15) is 40.0 Å². The van der Waals surface area contributed by atoms with Gasteiger partial charge in [0.25, 0.3) is 0 Å². The first-order valence-corrected chi connectivity index (χ1v) is 4.80. The van der Waals surface area contributed by atoms with Gasteiger partial charge in [-0.15, -0.1) is 0 Å². The number of rotatable bonds is 6. The van der Waals surface area contributed by atoms with Gasteiger partial charge < -0.3 is 9.53 Å². The van der Waals surface area contributed by atoms with Gasteiger partial charge in [-0.3, -0.25) is 4.79 Å². The van der Waals surface area contributed by atoms with Gasteiger partial charge in [-0.05, 0) is 6.42 Å². The molecule has 0 saturated heterocycles. The summed E-state index contributed by atoms with van der Waals surface area (Å²) in [6.45, 7) is 5.53. The average molecular weight is 186 g/mol. The lowest BCUT2D eigenvalue weighted by atomic mass is 10.0. The van der Waals surface area contributed by atoms with Crippen molar-refractivity contribution in [3.05, 3.63) is 0 Å². The number of ether oxygens (including phenoxy) is 1. The standard InChI is InChI=1S/C10H18O3/c1-4-6-9(8(3)7-11)13-10(12)5-2/h7-9H,4-6H2,1-3H3. The van der Waals surface area contributed by atoms with Crippen LogP contribution in [0.3, 0.4) is 0 Å². The van der Waals surface area contributed by atoms with E-state index < -0.39 is 0 Å². The molecule has 0 aliphatic carbocycles. The Balaban J connectivity index is 4.07. The van der Waals surface area contributed by atoms with Crippen LogP contribution in [0.5, 0.6) is 0 Å².